The van der Waals surface area contributed by atoms with Crippen LogP contribution >= 0.6 is 0 Å². The standard InChI is InChI=1S/C25H37NO4/c1-17(2)23-15-20(10-12-29-23)25(28)26-11-13-30-22-9-8-19(14-21(22)16-26)24(27)18-6-4-3-5-7-18/h8-9,14,17-18,20,23-24,27H,3-7,10-13,15-16H2,1-2H3/t20-,23+,24-/m0/s1. The first-order valence-corrected chi connectivity index (χ1v) is 11.9. The molecule has 2 heterocycles. The van der Waals surface area contributed by atoms with Crippen molar-refractivity contribution >= 4 is 5.91 Å². The number of hydrogen-bond acceptors (Lipinski definition) is 4. The van der Waals surface area contributed by atoms with E-state index in [2.05, 4.69) is 19.9 Å². The second kappa shape index (κ2) is 9.69. The molecule has 0 unspecified atom stereocenters. The average molecular weight is 416 g/mol. The molecule has 2 fully saturated rings. The Labute approximate surface area is 180 Å². The van der Waals surface area contributed by atoms with Crippen molar-refractivity contribution in [3.8, 4) is 5.75 Å². The van der Waals surface area contributed by atoms with Crippen LogP contribution in [0.5, 0.6) is 5.75 Å². The number of aliphatic hydroxyl groups excluding tert-OH is 1. The molecule has 1 saturated heterocycles. The number of ether oxygens (including phenoxy) is 2. The van der Waals surface area contributed by atoms with Gasteiger partial charge in [-0.15, -0.1) is 0 Å². The summed E-state index contributed by atoms with van der Waals surface area (Å²) in [6.45, 7) is 6.66. The first-order valence-electron chi connectivity index (χ1n) is 11.9. The van der Waals surface area contributed by atoms with E-state index < -0.39 is 6.10 Å². The molecular formula is C25H37NO4. The first kappa shape index (κ1) is 21.6. The summed E-state index contributed by atoms with van der Waals surface area (Å²) in [6.07, 6.45) is 7.24. The van der Waals surface area contributed by atoms with Gasteiger partial charge in [-0.2, -0.15) is 0 Å². The molecule has 0 bridgehead atoms. The van der Waals surface area contributed by atoms with E-state index in [1.54, 1.807) is 0 Å². The van der Waals surface area contributed by atoms with E-state index in [0.717, 1.165) is 42.6 Å². The van der Waals surface area contributed by atoms with Crippen molar-refractivity contribution in [1.82, 2.24) is 4.90 Å². The van der Waals surface area contributed by atoms with E-state index in [9.17, 15) is 9.90 Å². The monoisotopic (exact) mass is 415 g/mol. The molecular weight excluding hydrogens is 378 g/mol. The predicted octanol–water partition coefficient (Wildman–Crippen LogP) is 4.47. The zero-order valence-electron chi connectivity index (χ0n) is 18.5. The molecule has 0 radical (unpaired) electrons. The molecule has 1 N–H and O–H groups in total. The lowest BCUT2D eigenvalue weighted by Gasteiger charge is -2.34. The molecule has 4 rings (SSSR count). The number of amides is 1. The van der Waals surface area contributed by atoms with Crippen molar-refractivity contribution in [3.63, 3.8) is 0 Å². The van der Waals surface area contributed by atoms with E-state index >= 15 is 0 Å². The largest absolute Gasteiger partial charge is 0.491 e. The Kier molecular flexibility index (Phi) is 6.99. The number of carbonyl (C=O) groups excluding carboxylic acids is 1. The van der Waals surface area contributed by atoms with Crippen LogP contribution in [0.15, 0.2) is 18.2 Å². The number of aliphatic hydroxyl groups is 1. The molecule has 30 heavy (non-hydrogen) atoms. The fourth-order valence-electron chi connectivity index (χ4n) is 5.28. The maximum absolute atomic E-state index is 13.3. The lowest BCUT2D eigenvalue weighted by molar-refractivity contribution is -0.142. The van der Waals surface area contributed by atoms with Gasteiger partial charge in [0.15, 0.2) is 0 Å². The Bertz CT molecular complexity index is 728. The van der Waals surface area contributed by atoms with Crippen LogP contribution in [0.25, 0.3) is 0 Å². The summed E-state index contributed by atoms with van der Waals surface area (Å²) in [5.74, 6) is 1.87. The van der Waals surface area contributed by atoms with Gasteiger partial charge in [0.1, 0.15) is 12.4 Å². The zero-order valence-corrected chi connectivity index (χ0v) is 18.5. The van der Waals surface area contributed by atoms with Gasteiger partial charge in [0.05, 0.1) is 18.8 Å². The van der Waals surface area contributed by atoms with Crippen LogP contribution < -0.4 is 4.74 Å². The third-order valence-corrected chi connectivity index (χ3v) is 7.22. The highest BCUT2D eigenvalue weighted by Crippen LogP contribution is 2.36. The van der Waals surface area contributed by atoms with E-state index in [4.69, 9.17) is 9.47 Å². The molecule has 1 aromatic carbocycles. The van der Waals surface area contributed by atoms with Gasteiger partial charge in [0.2, 0.25) is 5.91 Å². The summed E-state index contributed by atoms with van der Waals surface area (Å²) >= 11 is 0. The summed E-state index contributed by atoms with van der Waals surface area (Å²) in [5, 5.41) is 10.9. The molecule has 2 aliphatic heterocycles. The molecule has 0 spiro atoms. The second-order valence-corrected chi connectivity index (χ2v) is 9.69. The van der Waals surface area contributed by atoms with Crippen LogP contribution in [0.1, 0.15) is 76.0 Å². The van der Waals surface area contributed by atoms with Gasteiger partial charge in [0, 0.05) is 24.6 Å². The Morgan fingerprint density at radius 3 is 2.70 bits per heavy atom. The zero-order chi connectivity index (χ0) is 21.1. The minimum Gasteiger partial charge on any atom is -0.491 e. The Morgan fingerprint density at radius 1 is 1.13 bits per heavy atom. The van der Waals surface area contributed by atoms with Crippen molar-refractivity contribution in [3.05, 3.63) is 29.3 Å². The highest BCUT2D eigenvalue weighted by atomic mass is 16.5. The van der Waals surface area contributed by atoms with E-state index in [0.29, 0.717) is 38.1 Å². The molecule has 3 atom stereocenters. The Balaban J connectivity index is 1.47. The fraction of sp³-hybridized carbons (Fsp3) is 0.720. The van der Waals surface area contributed by atoms with Crippen molar-refractivity contribution in [2.45, 2.75) is 77.5 Å². The summed E-state index contributed by atoms with van der Waals surface area (Å²) < 4.78 is 11.8. The van der Waals surface area contributed by atoms with Gasteiger partial charge in [0.25, 0.3) is 0 Å². The number of carbonyl (C=O) groups is 1. The quantitative estimate of drug-likeness (QED) is 0.788. The van der Waals surface area contributed by atoms with Crippen molar-refractivity contribution in [2.24, 2.45) is 17.8 Å². The van der Waals surface area contributed by atoms with Gasteiger partial charge in [-0.25, -0.2) is 0 Å². The maximum Gasteiger partial charge on any atom is 0.226 e. The minimum atomic E-state index is -0.426. The molecule has 1 aliphatic carbocycles. The van der Waals surface area contributed by atoms with Crippen LogP contribution in [0, 0.1) is 17.8 Å². The highest BCUT2D eigenvalue weighted by Gasteiger charge is 2.33. The first-order chi connectivity index (χ1) is 14.5. The second-order valence-electron chi connectivity index (χ2n) is 9.69. The number of fused-ring (bicyclic) bond motifs is 1. The van der Waals surface area contributed by atoms with Crippen molar-refractivity contribution < 1.29 is 19.4 Å². The van der Waals surface area contributed by atoms with Crippen LogP contribution in [0.3, 0.4) is 0 Å². The van der Waals surface area contributed by atoms with Crippen molar-refractivity contribution in [2.75, 3.05) is 19.8 Å². The van der Waals surface area contributed by atoms with E-state index in [1.807, 2.05) is 17.0 Å². The molecule has 1 aromatic rings. The summed E-state index contributed by atoms with van der Waals surface area (Å²) in [5.41, 5.74) is 1.98. The molecule has 1 amide bonds. The number of benzene rings is 1. The minimum absolute atomic E-state index is 0.0312. The highest BCUT2D eigenvalue weighted by molar-refractivity contribution is 5.79. The summed E-state index contributed by atoms with van der Waals surface area (Å²) in [4.78, 5) is 15.3. The Hall–Kier alpha value is -1.59. The van der Waals surface area contributed by atoms with Gasteiger partial charge in [-0.1, -0.05) is 39.2 Å². The lowest BCUT2D eigenvalue weighted by Crippen LogP contribution is -2.42. The van der Waals surface area contributed by atoms with E-state index in [-0.39, 0.29) is 17.9 Å². The molecule has 1 saturated carbocycles. The van der Waals surface area contributed by atoms with E-state index in [1.165, 1.54) is 19.3 Å². The van der Waals surface area contributed by atoms with Gasteiger partial charge in [-0.3, -0.25) is 4.79 Å². The molecule has 5 nitrogen and oxygen atoms in total. The normalized spacial score (nSPS) is 26.6. The molecule has 3 aliphatic rings. The van der Waals surface area contributed by atoms with Crippen LogP contribution in [-0.4, -0.2) is 41.8 Å². The topological polar surface area (TPSA) is 59.0 Å². The number of hydrogen-bond donors (Lipinski definition) is 1. The third kappa shape index (κ3) is 4.83. The summed E-state index contributed by atoms with van der Waals surface area (Å²) in [7, 11) is 0. The maximum atomic E-state index is 13.3. The van der Waals surface area contributed by atoms with Crippen molar-refractivity contribution in [1.29, 1.82) is 0 Å². The number of rotatable bonds is 4. The van der Waals surface area contributed by atoms with Crippen LogP contribution in [-0.2, 0) is 16.1 Å². The number of nitrogens with zero attached hydrogens (tertiary/aromatic N) is 1. The predicted molar refractivity (Wildman–Crippen MR) is 116 cm³/mol. The lowest BCUT2D eigenvalue weighted by atomic mass is 9.82. The summed E-state index contributed by atoms with van der Waals surface area (Å²) in [6, 6.07) is 6.05. The third-order valence-electron chi connectivity index (χ3n) is 7.22. The molecule has 166 valence electrons. The van der Waals surface area contributed by atoms with Crippen LogP contribution in [0.2, 0.25) is 0 Å². The average Bonchev–Trinajstić information content (AvgIpc) is 3.00. The van der Waals surface area contributed by atoms with Gasteiger partial charge < -0.3 is 19.5 Å². The molecule has 5 heteroatoms. The smallest absolute Gasteiger partial charge is 0.226 e. The van der Waals surface area contributed by atoms with Gasteiger partial charge >= 0.3 is 0 Å². The molecule has 0 aromatic heterocycles. The van der Waals surface area contributed by atoms with Crippen LogP contribution in [0.4, 0.5) is 0 Å². The Morgan fingerprint density at radius 2 is 1.93 bits per heavy atom. The fourth-order valence-corrected chi connectivity index (χ4v) is 5.28. The SMILES string of the molecule is CC(C)[C@H]1C[C@@H](C(=O)N2CCOc3ccc([C@@H](O)C4CCCCC4)cc3C2)CCO1. The van der Waals surface area contributed by atoms with Gasteiger partial charge in [-0.05, 0) is 55.2 Å².